The molecule has 1 aromatic carbocycles. The van der Waals surface area contributed by atoms with Crippen molar-refractivity contribution >= 4 is 22.8 Å². The number of aryl methyl sites for hydroxylation is 1. The zero-order valence-electron chi connectivity index (χ0n) is 13.9. The van der Waals surface area contributed by atoms with Gasteiger partial charge in [0.15, 0.2) is 17.1 Å². The van der Waals surface area contributed by atoms with Gasteiger partial charge in [-0.1, -0.05) is 0 Å². The van der Waals surface area contributed by atoms with Crippen LogP contribution >= 0.6 is 0 Å². The summed E-state index contributed by atoms with van der Waals surface area (Å²) in [6.45, 7) is 1.35. The highest BCUT2D eigenvalue weighted by molar-refractivity contribution is 5.99. The molecule has 25 heavy (non-hydrogen) atoms. The van der Waals surface area contributed by atoms with E-state index in [0.717, 1.165) is 5.56 Å². The topological polar surface area (TPSA) is 109 Å². The third-order valence-corrected chi connectivity index (χ3v) is 3.97. The quantitative estimate of drug-likeness (QED) is 0.670. The van der Waals surface area contributed by atoms with Gasteiger partial charge in [0.05, 0.1) is 17.7 Å². The minimum atomic E-state index is 0.219. The van der Waals surface area contributed by atoms with E-state index in [-0.39, 0.29) is 6.79 Å². The van der Waals surface area contributed by atoms with E-state index in [1.165, 1.54) is 0 Å². The number of nitrogens with two attached hydrogens (primary N) is 1. The van der Waals surface area contributed by atoms with Crippen LogP contribution in [-0.2, 0) is 11.8 Å². The molecule has 3 N–H and O–H groups in total. The Balaban J connectivity index is 1.85. The van der Waals surface area contributed by atoms with Gasteiger partial charge in [-0.15, -0.1) is 0 Å². The molecule has 0 unspecified atom stereocenters. The van der Waals surface area contributed by atoms with Crippen molar-refractivity contribution in [2.45, 2.75) is 0 Å². The van der Waals surface area contributed by atoms with Gasteiger partial charge in [-0.25, -0.2) is 4.98 Å². The second kappa shape index (κ2) is 6.10. The number of rotatable bonds is 5. The standard InChI is InChI=1S/C16H18N6O3/c1-22-14(17)12-13(9-3-4-10-11(7-9)25-8-24-10)19-16(18-5-6-23-2)20-15(12)21-22/h3-4,7H,5-6,8,17H2,1-2H3,(H,18,20,21). The van der Waals surface area contributed by atoms with Crippen LogP contribution in [0.2, 0.25) is 0 Å². The lowest BCUT2D eigenvalue weighted by atomic mass is 10.1. The predicted octanol–water partition coefficient (Wildman–Crippen LogP) is 1.40. The van der Waals surface area contributed by atoms with Gasteiger partial charge in [-0.05, 0) is 18.2 Å². The van der Waals surface area contributed by atoms with Gasteiger partial charge >= 0.3 is 0 Å². The van der Waals surface area contributed by atoms with Crippen molar-refractivity contribution in [3.63, 3.8) is 0 Å². The van der Waals surface area contributed by atoms with Crippen LogP contribution in [0.15, 0.2) is 18.2 Å². The van der Waals surface area contributed by atoms with Crippen LogP contribution in [-0.4, -0.2) is 46.8 Å². The fraction of sp³-hybridized carbons (Fsp3) is 0.312. The molecule has 0 aliphatic carbocycles. The van der Waals surface area contributed by atoms with Gasteiger partial charge in [0.2, 0.25) is 12.7 Å². The van der Waals surface area contributed by atoms with Gasteiger partial charge in [-0.2, -0.15) is 10.1 Å². The van der Waals surface area contributed by atoms with Gasteiger partial charge in [-0.3, -0.25) is 4.68 Å². The number of methoxy groups -OCH3 is 1. The fourth-order valence-electron chi connectivity index (χ4n) is 2.71. The highest BCUT2D eigenvalue weighted by atomic mass is 16.7. The minimum absolute atomic E-state index is 0.219. The van der Waals surface area contributed by atoms with E-state index in [2.05, 4.69) is 20.4 Å². The van der Waals surface area contributed by atoms with Crippen molar-refractivity contribution in [1.82, 2.24) is 19.7 Å². The molecule has 4 rings (SSSR count). The SMILES string of the molecule is COCCNc1nc(-c2ccc3c(c2)OCO3)c2c(N)n(C)nc2n1. The number of hydrogen-bond donors (Lipinski definition) is 2. The average Bonchev–Trinajstić information content (AvgIpc) is 3.19. The first-order valence-corrected chi connectivity index (χ1v) is 7.80. The van der Waals surface area contributed by atoms with Crippen molar-refractivity contribution in [3.05, 3.63) is 18.2 Å². The molecule has 0 spiro atoms. The van der Waals surface area contributed by atoms with Crippen LogP contribution < -0.4 is 20.5 Å². The van der Waals surface area contributed by atoms with E-state index in [1.54, 1.807) is 18.8 Å². The van der Waals surface area contributed by atoms with E-state index in [9.17, 15) is 0 Å². The van der Waals surface area contributed by atoms with Crippen molar-refractivity contribution in [3.8, 4) is 22.8 Å². The summed E-state index contributed by atoms with van der Waals surface area (Å²) in [5, 5.41) is 8.22. The molecule has 1 aliphatic heterocycles. The monoisotopic (exact) mass is 342 g/mol. The third-order valence-electron chi connectivity index (χ3n) is 3.97. The van der Waals surface area contributed by atoms with Gasteiger partial charge in [0, 0.05) is 26.3 Å². The highest BCUT2D eigenvalue weighted by Gasteiger charge is 2.20. The molecule has 9 heteroatoms. The van der Waals surface area contributed by atoms with E-state index in [0.29, 0.717) is 53.1 Å². The Morgan fingerprint density at radius 2 is 2.12 bits per heavy atom. The number of nitrogens with one attached hydrogen (secondary N) is 1. The number of nitrogens with zero attached hydrogens (tertiary/aromatic N) is 4. The minimum Gasteiger partial charge on any atom is -0.454 e. The van der Waals surface area contributed by atoms with E-state index >= 15 is 0 Å². The van der Waals surface area contributed by atoms with Crippen LogP contribution in [0.25, 0.3) is 22.3 Å². The molecule has 0 fully saturated rings. The summed E-state index contributed by atoms with van der Waals surface area (Å²) in [6.07, 6.45) is 0. The Morgan fingerprint density at radius 3 is 2.96 bits per heavy atom. The Kier molecular flexibility index (Phi) is 3.77. The summed E-state index contributed by atoms with van der Waals surface area (Å²) < 4.78 is 17.5. The predicted molar refractivity (Wildman–Crippen MR) is 92.6 cm³/mol. The first-order valence-electron chi connectivity index (χ1n) is 7.80. The molecule has 3 aromatic rings. The van der Waals surface area contributed by atoms with Gasteiger partial charge in [0.1, 0.15) is 5.82 Å². The number of benzene rings is 1. The van der Waals surface area contributed by atoms with Crippen molar-refractivity contribution in [1.29, 1.82) is 0 Å². The van der Waals surface area contributed by atoms with Crippen LogP contribution in [0.5, 0.6) is 11.5 Å². The maximum absolute atomic E-state index is 6.19. The molecular formula is C16H18N6O3. The molecule has 0 atom stereocenters. The second-order valence-electron chi connectivity index (χ2n) is 5.59. The Labute approximate surface area is 143 Å². The molecule has 0 bridgehead atoms. The number of anilines is 2. The van der Waals surface area contributed by atoms with Gasteiger partial charge < -0.3 is 25.3 Å². The lowest BCUT2D eigenvalue weighted by Crippen LogP contribution is -2.10. The average molecular weight is 342 g/mol. The normalized spacial score (nSPS) is 12.7. The van der Waals surface area contributed by atoms with E-state index in [1.807, 2.05) is 18.2 Å². The summed E-state index contributed by atoms with van der Waals surface area (Å²) in [6, 6.07) is 5.66. The largest absolute Gasteiger partial charge is 0.454 e. The molecule has 0 radical (unpaired) electrons. The van der Waals surface area contributed by atoms with Crippen LogP contribution in [0, 0.1) is 0 Å². The Bertz CT molecular complexity index is 939. The number of hydrogen-bond acceptors (Lipinski definition) is 8. The summed E-state index contributed by atoms with van der Waals surface area (Å²) >= 11 is 0. The van der Waals surface area contributed by atoms with Crippen LogP contribution in [0.4, 0.5) is 11.8 Å². The van der Waals surface area contributed by atoms with Gasteiger partial charge in [0.25, 0.3) is 0 Å². The van der Waals surface area contributed by atoms with E-state index < -0.39 is 0 Å². The molecule has 0 saturated heterocycles. The lowest BCUT2D eigenvalue weighted by molar-refractivity contribution is 0.174. The first-order chi connectivity index (χ1) is 12.2. The maximum atomic E-state index is 6.19. The molecule has 130 valence electrons. The summed E-state index contributed by atoms with van der Waals surface area (Å²) in [4.78, 5) is 9.08. The fourth-order valence-corrected chi connectivity index (χ4v) is 2.71. The molecule has 1 aliphatic rings. The van der Waals surface area contributed by atoms with Crippen molar-refractivity contribution in [2.75, 3.05) is 38.1 Å². The smallest absolute Gasteiger partial charge is 0.231 e. The molecule has 0 saturated carbocycles. The van der Waals surface area contributed by atoms with Crippen molar-refractivity contribution < 1.29 is 14.2 Å². The molecular weight excluding hydrogens is 324 g/mol. The number of aromatic nitrogens is 4. The number of nitrogen functional groups attached to an aromatic ring is 1. The zero-order valence-corrected chi connectivity index (χ0v) is 13.9. The summed E-state index contributed by atoms with van der Waals surface area (Å²) in [5.41, 5.74) is 8.26. The third kappa shape index (κ3) is 2.68. The number of ether oxygens (including phenoxy) is 3. The summed E-state index contributed by atoms with van der Waals surface area (Å²) in [5.74, 6) is 2.37. The maximum Gasteiger partial charge on any atom is 0.231 e. The molecule has 3 heterocycles. The van der Waals surface area contributed by atoms with Crippen LogP contribution in [0.1, 0.15) is 0 Å². The Morgan fingerprint density at radius 1 is 1.28 bits per heavy atom. The Hall–Kier alpha value is -3.07. The molecule has 0 amide bonds. The molecule has 2 aromatic heterocycles. The van der Waals surface area contributed by atoms with Crippen molar-refractivity contribution in [2.24, 2.45) is 7.05 Å². The highest BCUT2D eigenvalue weighted by Crippen LogP contribution is 2.38. The summed E-state index contributed by atoms with van der Waals surface area (Å²) in [7, 11) is 3.42. The first kappa shape index (κ1) is 15.5. The lowest BCUT2D eigenvalue weighted by Gasteiger charge is -2.08. The number of fused-ring (bicyclic) bond motifs is 2. The van der Waals surface area contributed by atoms with Crippen LogP contribution in [0.3, 0.4) is 0 Å². The van der Waals surface area contributed by atoms with E-state index in [4.69, 9.17) is 19.9 Å². The second-order valence-corrected chi connectivity index (χ2v) is 5.59. The molecule has 9 nitrogen and oxygen atoms in total. The zero-order chi connectivity index (χ0) is 17.4.